The largest absolute Gasteiger partial charge is 0.331 e. The van der Waals surface area contributed by atoms with Crippen molar-refractivity contribution in [1.82, 2.24) is 19.8 Å². The zero-order chi connectivity index (χ0) is 11.5. The quantitative estimate of drug-likeness (QED) is 0.818. The Morgan fingerprint density at radius 3 is 2.38 bits per heavy atom. The van der Waals surface area contributed by atoms with Crippen molar-refractivity contribution >= 4 is 0 Å². The van der Waals surface area contributed by atoms with Crippen molar-refractivity contribution in [2.45, 2.75) is 27.3 Å². The van der Waals surface area contributed by atoms with E-state index < -0.39 is 0 Å². The van der Waals surface area contributed by atoms with Crippen molar-refractivity contribution in [3.8, 4) is 0 Å². The number of rotatable bonds is 3. The molecule has 1 saturated heterocycles. The molecule has 4 heteroatoms. The predicted molar refractivity (Wildman–Crippen MR) is 65.7 cm³/mol. The van der Waals surface area contributed by atoms with Crippen molar-refractivity contribution < 1.29 is 0 Å². The maximum absolute atomic E-state index is 4.51. The first-order chi connectivity index (χ1) is 7.68. The second-order valence-electron chi connectivity index (χ2n) is 4.57. The summed E-state index contributed by atoms with van der Waals surface area (Å²) >= 11 is 0. The van der Waals surface area contributed by atoms with Crippen LogP contribution in [0.1, 0.15) is 17.2 Å². The van der Waals surface area contributed by atoms with Crippen LogP contribution in [-0.4, -0.2) is 47.2 Å². The molecule has 16 heavy (non-hydrogen) atoms. The molecule has 1 aromatic rings. The van der Waals surface area contributed by atoms with E-state index in [0.717, 1.165) is 37.7 Å². The molecule has 0 saturated carbocycles. The van der Waals surface area contributed by atoms with Gasteiger partial charge in [-0.15, -0.1) is 0 Å². The summed E-state index contributed by atoms with van der Waals surface area (Å²) in [4.78, 5) is 7.03. The Kier molecular flexibility index (Phi) is 3.61. The molecular formula is C12H22N4. The van der Waals surface area contributed by atoms with E-state index in [4.69, 9.17) is 0 Å². The Labute approximate surface area is 97.7 Å². The highest BCUT2D eigenvalue weighted by molar-refractivity contribution is 5.13. The van der Waals surface area contributed by atoms with E-state index >= 15 is 0 Å². The van der Waals surface area contributed by atoms with E-state index in [1.807, 2.05) is 0 Å². The van der Waals surface area contributed by atoms with Gasteiger partial charge in [0.25, 0.3) is 0 Å². The molecule has 90 valence electrons. The number of hydrogen-bond acceptors (Lipinski definition) is 3. The first kappa shape index (κ1) is 11.6. The number of aromatic nitrogens is 2. The summed E-state index contributed by atoms with van der Waals surface area (Å²) in [5.74, 6) is 1.14. The van der Waals surface area contributed by atoms with Crippen LogP contribution in [0.25, 0.3) is 0 Å². The van der Waals surface area contributed by atoms with Crippen molar-refractivity contribution in [1.29, 1.82) is 0 Å². The van der Waals surface area contributed by atoms with Gasteiger partial charge in [0.05, 0.1) is 5.69 Å². The molecular weight excluding hydrogens is 200 g/mol. The van der Waals surface area contributed by atoms with E-state index in [0.29, 0.717) is 0 Å². The second-order valence-corrected chi connectivity index (χ2v) is 4.57. The van der Waals surface area contributed by atoms with Gasteiger partial charge in [0.15, 0.2) is 0 Å². The smallest absolute Gasteiger partial charge is 0.106 e. The topological polar surface area (TPSA) is 33.1 Å². The number of imidazole rings is 1. The molecule has 0 aliphatic carbocycles. The minimum absolute atomic E-state index is 1.07. The Hall–Kier alpha value is -0.870. The van der Waals surface area contributed by atoms with Crippen LogP contribution in [-0.2, 0) is 6.54 Å². The first-order valence-electron chi connectivity index (χ1n) is 6.12. The molecule has 0 radical (unpaired) electrons. The molecule has 1 aliphatic heterocycles. The van der Waals surface area contributed by atoms with E-state index in [1.165, 1.54) is 18.8 Å². The van der Waals surface area contributed by atoms with E-state index in [2.05, 4.69) is 40.5 Å². The normalized spacial score (nSPS) is 17.9. The Balaban J connectivity index is 1.93. The monoisotopic (exact) mass is 222 g/mol. The van der Waals surface area contributed by atoms with Crippen molar-refractivity contribution in [3.05, 3.63) is 17.2 Å². The standard InChI is InChI=1S/C12H22N4/c1-10-11(2)16(12(3)14-10)9-8-15-6-4-13-5-7-15/h13H,4-9H2,1-3H3. The molecule has 2 rings (SSSR count). The zero-order valence-corrected chi connectivity index (χ0v) is 10.6. The maximum Gasteiger partial charge on any atom is 0.106 e. The number of piperazine rings is 1. The highest BCUT2D eigenvalue weighted by Crippen LogP contribution is 2.09. The molecule has 2 heterocycles. The lowest BCUT2D eigenvalue weighted by molar-refractivity contribution is 0.231. The number of aryl methyl sites for hydroxylation is 2. The van der Waals surface area contributed by atoms with Crippen molar-refractivity contribution in [2.75, 3.05) is 32.7 Å². The van der Waals surface area contributed by atoms with Crippen LogP contribution in [0.15, 0.2) is 0 Å². The molecule has 0 unspecified atom stereocenters. The average molecular weight is 222 g/mol. The molecule has 1 aliphatic rings. The van der Waals surface area contributed by atoms with E-state index in [9.17, 15) is 0 Å². The summed E-state index contributed by atoms with van der Waals surface area (Å²) in [7, 11) is 0. The van der Waals surface area contributed by atoms with Gasteiger partial charge >= 0.3 is 0 Å². The fourth-order valence-electron chi connectivity index (χ4n) is 2.33. The van der Waals surface area contributed by atoms with Gasteiger partial charge in [0.1, 0.15) is 5.82 Å². The van der Waals surface area contributed by atoms with Gasteiger partial charge in [-0.3, -0.25) is 4.90 Å². The third kappa shape index (κ3) is 2.44. The van der Waals surface area contributed by atoms with Crippen LogP contribution >= 0.6 is 0 Å². The van der Waals surface area contributed by atoms with Crippen molar-refractivity contribution in [2.24, 2.45) is 0 Å². The minimum atomic E-state index is 1.07. The summed E-state index contributed by atoms with van der Waals surface area (Å²) in [5, 5.41) is 3.38. The maximum atomic E-state index is 4.51. The van der Waals surface area contributed by atoms with Crippen LogP contribution in [0.4, 0.5) is 0 Å². The van der Waals surface area contributed by atoms with Crippen LogP contribution in [0.5, 0.6) is 0 Å². The van der Waals surface area contributed by atoms with Crippen LogP contribution < -0.4 is 5.32 Å². The lowest BCUT2D eigenvalue weighted by atomic mass is 10.3. The summed E-state index contributed by atoms with van der Waals surface area (Å²) < 4.78 is 2.33. The first-order valence-corrected chi connectivity index (χ1v) is 6.12. The van der Waals surface area contributed by atoms with Gasteiger partial charge in [0.2, 0.25) is 0 Å². The number of nitrogens with zero attached hydrogens (tertiary/aromatic N) is 3. The van der Waals surface area contributed by atoms with Gasteiger partial charge in [-0.2, -0.15) is 0 Å². The van der Waals surface area contributed by atoms with E-state index in [1.54, 1.807) is 0 Å². The zero-order valence-electron chi connectivity index (χ0n) is 10.6. The highest BCUT2D eigenvalue weighted by atomic mass is 15.2. The SMILES string of the molecule is Cc1nc(C)n(CCN2CCNCC2)c1C. The third-order valence-electron chi connectivity index (χ3n) is 3.50. The fourth-order valence-corrected chi connectivity index (χ4v) is 2.33. The summed E-state index contributed by atoms with van der Waals surface area (Å²) in [6.07, 6.45) is 0. The van der Waals surface area contributed by atoms with Crippen LogP contribution in [0.2, 0.25) is 0 Å². The highest BCUT2D eigenvalue weighted by Gasteiger charge is 2.11. The van der Waals surface area contributed by atoms with Gasteiger partial charge < -0.3 is 9.88 Å². The summed E-state index contributed by atoms with van der Waals surface area (Å²) in [6, 6.07) is 0. The van der Waals surface area contributed by atoms with Crippen LogP contribution in [0, 0.1) is 20.8 Å². The average Bonchev–Trinajstić information content (AvgIpc) is 2.53. The van der Waals surface area contributed by atoms with Crippen molar-refractivity contribution in [3.63, 3.8) is 0 Å². The Bertz CT molecular complexity index is 350. The number of nitrogens with one attached hydrogen (secondary N) is 1. The Morgan fingerprint density at radius 1 is 1.12 bits per heavy atom. The van der Waals surface area contributed by atoms with Gasteiger partial charge in [0, 0.05) is 45.0 Å². The van der Waals surface area contributed by atoms with Gasteiger partial charge in [-0.05, 0) is 20.8 Å². The van der Waals surface area contributed by atoms with E-state index in [-0.39, 0.29) is 0 Å². The molecule has 1 fully saturated rings. The van der Waals surface area contributed by atoms with Gasteiger partial charge in [-0.1, -0.05) is 0 Å². The molecule has 1 N–H and O–H groups in total. The molecule has 1 aromatic heterocycles. The fraction of sp³-hybridized carbons (Fsp3) is 0.750. The molecule has 0 atom stereocenters. The van der Waals surface area contributed by atoms with Gasteiger partial charge in [-0.25, -0.2) is 4.98 Å². The molecule has 0 amide bonds. The van der Waals surface area contributed by atoms with Crippen LogP contribution in [0.3, 0.4) is 0 Å². The molecule has 4 nitrogen and oxygen atoms in total. The lowest BCUT2D eigenvalue weighted by Crippen LogP contribution is -2.44. The third-order valence-corrected chi connectivity index (χ3v) is 3.50. The second kappa shape index (κ2) is 4.97. The molecule has 0 spiro atoms. The summed E-state index contributed by atoms with van der Waals surface area (Å²) in [5.41, 5.74) is 2.48. The molecule has 0 aromatic carbocycles. The summed E-state index contributed by atoms with van der Waals surface area (Å²) in [6.45, 7) is 13.1. The number of hydrogen-bond donors (Lipinski definition) is 1. The minimum Gasteiger partial charge on any atom is -0.331 e. The molecule has 0 bridgehead atoms. The Morgan fingerprint density at radius 2 is 1.81 bits per heavy atom. The predicted octanol–water partition coefficient (Wildman–Crippen LogP) is 0.714. The lowest BCUT2D eigenvalue weighted by Gasteiger charge is -2.27.